The Kier molecular flexibility index (Phi) is 5.61. The maximum Gasteiger partial charge on any atom is 0.251 e. The molecule has 0 radical (unpaired) electrons. The zero-order valence-electron chi connectivity index (χ0n) is 12.0. The second kappa shape index (κ2) is 7.24. The predicted octanol–water partition coefficient (Wildman–Crippen LogP) is 3.66. The largest absolute Gasteiger partial charge is 0.324 e. The number of hydrogen-bond donors (Lipinski definition) is 2. The summed E-state index contributed by atoms with van der Waals surface area (Å²) < 4.78 is 0.967. The van der Waals surface area contributed by atoms with Gasteiger partial charge in [-0.2, -0.15) is 0 Å². The van der Waals surface area contributed by atoms with E-state index in [4.69, 9.17) is 5.73 Å². The van der Waals surface area contributed by atoms with Crippen LogP contribution in [0.15, 0.2) is 43.6 Å². The van der Waals surface area contributed by atoms with Gasteiger partial charge < -0.3 is 10.7 Å². The standard InChI is InChI=1S/C15H18BrN3OS/c1-3-4-10-7-14(20)19-15(18-10)21-11-5-6-12(9(2)17)13(16)8-11/h5-9H,3-4,17H2,1-2H3,(H,18,19,20). The summed E-state index contributed by atoms with van der Waals surface area (Å²) in [5.74, 6) is 0. The van der Waals surface area contributed by atoms with Gasteiger partial charge in [-0.25, -0.2) is 4.98 Å². The van der Waals surface area contributed by atoms with Crippen LogP contribution in [0.3, 0.4) is 0 Å². The van der Waals surface area contributed by atoms with E-state index in [2.05, 4.69) is 32.8 Å². The van der Waals surface area contributed by atoms with Crippen LogP contribution in [0.4, 0.5) is 0 Å². The van der Waals surface area contributed by atoms with Crippen molar-refractivity contribution in [1.82, 2.24) is 9.97 Å². The van der Waals surface area contributed by atoms with E-state index in [-0.39, 0.29) is 11.6 Å². The van der Waals surface area contributed by atoms with E-state index in [1.54, 1.807) is 6.07 Å². The maximum absolute atomic E-state index is 11.7. The van der Waals surface area contributed by atoms with Gasteiger partial charge >= 0.3 is 0 Å². The lowest BCUT2D eigenvalue weighted by Gasteiger charge is -2.10. The van der Waals surface area contributed by atoms with E-state index >= 15 is 0 Å². The fourth-order valence-corrected chi connectivity index (χ4v) is 3.71. The van der Waals surface area contributed by atoms with E-state index in [1.165, 1.54) is 11.8 Å². The van der Waals surface area contributed by atoms with Crippen molar-refractivity contribution in [3.05, 3.63) is 50.3 Å². The molecule has 1 aromatic heterocycles. The molecule has 0 spiro atoms. The lowest BCUT2D eigenvalue weighted by molar-refractivity contribution is 0.810. The molecule has 0 aliphatic rings. The molecule has 112 valence electrons. The predicted molar refractivity (Wildman–Crippen MR) is 89.7 cm³/mol. The Morgan fingerprint density at radius 3 is 2.81 bits per heavy atom. The summed E-state index contributed by atoms with van der Waals surface area (Å²) >= 11 is 4.97. The number of halogens is 1. The Bertz CT molecular complexity index is 685. The molecular formula is C15H18BrN3OS. The first-order valence-electron chi connectivity index (χ1n) is 6.82. The quantitative estimate of drug-likeness (QED) is 0.791. The SMILES string of the molecule is CCCc1cc(=O)[nH]c(Sc2ccc(C(C)N)c(Br)c2)n1. The van der Waals surface area contributed by atoms with Crippen molar-refractivity contribution >= 4 is 27.7 Å². The van der Waals surface area contributed by atoms with Crippen LogP contribution in [0.2, 0.25) is 0 Å². The highest BCUT2D eigenvalue weighted by molar-refractivity contribution is 9.10. The minimum atomic E-state index is -0.109. The molecule has 0 saturated carbocycles. The number of nitrogens with one attached hydrogen (secondary N) is 1. The second-order valence-corrected chi connectivity index (χ2v) is 6.78. The van der Waals surface area contributed by atoms with Gasteiger partial charge in [0, 0.05) is 27.2 Å². The fraction of sp³-hybridized carbons (Fsp3) is 0.333. The number of aromatic amines is 1. The van der Waals surface area contributed by atoms with E-state index in [9.17, 15) is 4.79 Å². The van der Waals surface area contributed by atoms with Crippen LogP contribution in [0.1, 0.15) is 37.6 Å². The zero-order valence-corrected chi connectivity index (χ0v) is 14.4. The molecule has 0 saturated heterocycles. The minimum Gasteiger partial charge on any atom is -0.324 e. The van der Waals surface area contributed by atoms with Crippen LogP contribution in [0.25, 0.3) is 0 Å². The van der Waals surface area contributed by atoms with Crippen LogP contribution in [-0.2, 0) is 6.42 Å². The first kappa shape index (κ1) is 16.3. The highest BCUT2D eigenvalue weighted by Gasteiger charge is 2.08. The fourth-order valence-electron chi connectivity index (χ4n) is 1.97. The molecule has 0 bridgehead atoms. The Morgan fingerprint density at radius 1 is 1.43 bits per heavy atom. The number of aromatic nitrogens is 2. The molecule has 0 amide bonds. The summed E-state index contributed by atoms with van der Waals surface area (Å²) in [4.78, 5) is 19.9. The van der Waals surface area contributed by atoms with E-state index < -0.39 is 0 Å². The first-order chi connectivity index (χ1) is 9.99. The Hall–Kier alpha value is -1.11. The number of benzene rings is 1. The molecule has 3 N–H and O–H groups in total. The number of rotatable bonds is 5. The molecule has 6 heteroatoms. The Labute approximate surface area is 136 Å². The molecule has 1 heterocycles. The molecule has 0 aliphatic carbocycles. The summed E-state index contributed by atoms with van der Waals surface area (Å²) in [7, 11) is 0. The third-order valence-electron chi connectivity index (χ3n) is 2.96. The molecule has 1 unspecified atom stereocenters. The minimum absolute atomic E-state index is 0.0239. The van der Waals surface area contributed by atoms with Crippen molar-refractivity contribution in [3.63, 3.8) is 0 Å². The molecule has 0 fully saturated rings. The topological polar surface area (TPSA) is 71.8 Å². The van der Waals surface area contributed by atoms with Gasteiger partial charge in [-0.15, -0.1) is 0 Å². The Morgan fingerprint density at radius 2 is 2.19 bits per heavy atom. The molecule has 21 heavy (non-hydrogen) atoms. The number of nitrogens with zero attached hydrogens (tertiary/aromatic N) is 1. The summed E-state index contributed by atoms with van der Waals surface area (Å²) in [5.41, 5.74) is 7.67. The lowest BCUT2D eigenvalue weighted by atomic mass is 10.1. The summed E-state index contributed by atoms with van der Waals surface area (Å²) in [6.07, 6.45) is 1.78. The second-order valence-electron chi connectivity index (χ2n) is 4.87. The number of hydrogen-bond acceptors (Lipinski definition) is 4. The van der Waals surface area contributed by atoms with Gasteiger partial charge in [0.05, 0.1) is 0 Å². The van der Waals surface area contributed by atoms with Crippen LogP contribution in [-0.4, -0.2) is 9.97 Å². The highest BCUT2D eigenvalue weighted by atomic mass is 79.9. The monoisotopic (exact) mass is 367 g/mol. The van der Waals surface area contributed by atoms with Gasteiger partial charge in [-0.05, 0) is 31.0 Å². The normalized spacial score (nSPS) is 12.4. The molecule has 2 rings (SSSR count). The van der Waals surface area contributed by atoms with Crippen molar-refractivity contribution in [1.29, 1.82) is 0 Å². The third-order valence-corrected chi connectivity index (χ3v) is 4.52. The molecule has 2 aromatic rings. The third kappa shape index (κ3) is 4.43. The summed E-state index contributed by atoms with van der Waals surface area (Å²) in [5, 5.41) is 0.617. The van der Waals surface area contributed by atoms with E-state index in [1.807, 2.05) is 25.1 Å². The van der Waals surface area contributed by atoms with Crippen molar-refractivity contribution in [2.45, 2.75) is 42.8 Å². The van der Waals surface area contributed by atoms with E-state index in [0.717, 1.165) is 33.5 Å². The van der Waals surface area contributed by atoms with Crippen LogP contribution in [0.5, 0.6) is 0 Å². The lowest BCUT2D eigenvalue weighted by Crippen LogP contribution is -2.09. The van der Waals surface area contributed by atoms with Gasteiger partial charge in [0.15, 0.2) is 5.16 Å². The smallest absolute Gasteiger partial charge is 0.251 e. The first-order valence-corrected chi connectivity index (χ1v) is 8.43. The maximum atomic E-state index is 11.7. The number of nitrogens with two attached hydrogens (primary N) is 1. The molecule has 4 nitrogen and oxygen atoms in total. The van der Waals surface area contributed by atoms with Gasteiger partial charge in [-0.3, -0.25) is 4.79 Å². The van der Waals surface area contributed by atoms with Gasteiger partial charge in [-0.1, -0.05) is 47.1 Å². The van der Waals surface area contributed by atoms with Gasteiger partial charge in [0.1, 0.15) is 0 Å². The zero-order chi connectivity index (χ0) is 15.4. The van der Waals surface area contributed by atoms with Crippen molar-refractivity contribution in [2.24, 2.45) is 5.73 Å². The van der Waals surface area contributed by atoms with Gasteiger partial charge in [0.2, 0.25) is 0 Å². The van der Waals surface area contributed by atoms with Crippen molar-refractivity contribution in [2.75, 3.05) is 0 Å². The Balaban J connectivity index is 2.26. The molecular weight excluding hydrogens is 350 g/mol. The number of aryl methyl sites for hydroxylation is 1. The summed E-state index contributed by atoms with van der Waals surface area (Å²) in [6.45, 7) is 4.01. The van der Waals surface area contributed by atoms with Crippen molar-refractivity contribution in [3.8, 4) is 0 Å². The average Bonchev–Trinajstić information content (AvgIpc) is 2.37. The van der Waals surface area contributed by atoms with Crippen LogP contribution >= 0.6 is 27.7 Å². The van der Waals surface area contributed by atoms with Gasteiger partial charge in [0.25, 0.3) is 5.56 Å². The van der Waals surface area contributed by atoms with Crippen molar-refractivity contribution < 1.29 is 0 Å². The highest BCUT2D eigenvalue weighted by Crippen LogP contribution is 2.30. The van der Waals surface area contributed by atoms with Crippen LogP contribution in [0, 0.1) is 0 Å². The molecule has 1 atom stereocenters. The number of H-pyrrole nitrogens is 1. The average molecular weight is 368 g/mol. The summed E-state index contributed by atoms with van der Waals surface area (Å²) in [6, 6.07) is 7.51. The molecule has 1 aromatic carbocycles. The van der Waals surface area contributed by atoms with Crippen LogP contribution < -0.4 is 11.3 Å². The molecule has 0 aliphatic heterocycles. The van der Waals surface area contributed by atoms with E-state index in [0.29, 0.717) is 5.16 Å².